The molecule has 2 saturated heterocycles. The van der Waals surface area contributed by atoms with E-state index >= 15 is 0 Å². The molecule has 160 valence electrons. The van der Waals surface area contributed by atoms with E-state index in [1.54, 1.807) is 0 Å². The Morgan fingerprint density at radius 3 is 2.61 bits per heavy atom. The fourth-order valence-electron chi connectivity index (χ4n) is 5.22. The van der Waals surface area contributed by atoms with Gasteiger partial charge in [0.1, 0.15) is 0 Å². The van der Waals surface area contributed by atoms with Crippen molar-refractivity contribution >= 4 is 5.91 Å². The highest BCUT2D eigenvalue weighted by Crippen LogP contribution is 2.31. The number of rotatable bonds is 6. The van der Waals surface area contributed by atoms with Gasteiger partial charge in [-0.1, -0.05) is 19.3 Å². The minimum absolute atomic E-state index is 0.00562. The first-order valence-electron chi connectivity index (χ1n) is 11.6. The Hall–Kier alpha value is -0.690. The monoisotopic (exact) mass is 394 g/mol. The Kier molecular flexibility index (Phi) is 7.26. The number of aliphatic hydroxyl groups is 1. The van der Waals surface area contributed by atoms with Crippen molar-refractivity contribution in [3.63, 3.8) is 0 Å². The number of carbonyl (C=O) groups is 1. The van der Waals surface area contributed by atoms with Crippen LogP contribution < -0.4 is 5.32 Å². The first kappa shape index (κ1) is 20.6. The van der Waals surface area contributed by atoms with E-state index in [0.717, 1.165) is 31.8 Å². The summed E-state index contributed by atoms with van der Waals surface area (Å²) in [5, 5.41) is 13.4. The number of carbonyl (C=O) groups excluding carboxylic acids is 1. The van der Waals surface area contributed by atoms with Gasteiger partial charge in [0.25, 0.3) is 0 Å². The van der Waals surface area contributed by atoms with Crippen LogP contribution in [-0.4, -0.2) is 73.1 Å². The summed E-state index contributed by atoms with van der Waals surface area (Å²) >= 11 is 0. The van der Waals surface area contributed by atoms with Crippen molar-refractivity contribution in [1.82, 2.24) is 10.2 Å². The van der Waals surface area contributed by atoms with Gasteiger partial charge in [-0.25, -0.2) is 0 Å². The van der Waals surface area contributed by atoms with E-state index in [0.29, 0.717) is 38.1 Å². The molecule has 4 atom stereocenters. The summed E-state index contributed by atoms with van der Waals surface area (Å²) in [7, 11) is 0. The molecule has 2 saturated carbocycles. The fourth-order valence-corrected chi connectivity index (χ4v) is 5.22. The second-order valence-electron chi connectivity index (χ2n) is 9.54. The Morgan fingerprint density at radius 1 is 1.00 bits per heavy atom. The van der Waals surface area contributed by atoms with Gasteiger partial charge in [-0.15, -0.1) is 0 Å². The lowest BCUT2D eigenvalue weighted by Gasteiger charge is -2.45. The number of fused-ring (bicyclic) bond motifs is 1. The van der Waals surface area contributed by atoms with Gasteiger partial charge in [0.2, 0.25) is 5.91 Å². The van der Waals surface area contributed by atoms with Crippen molar-refractivity contribution in [2.75, 3.05) is 32.8 Å². The second kappa shape index (κ2) is 9.88. The number of β-amino-alcohol motifs (C(OH)–C–C–N with tert-alkyl or cyclic N) is 1. The molecule has 6 nitrogen and oxygen atoms in total. The van der Waals surface area contributed by atoms with Crippen LogP contribution in [0.2, 0.25) is 0 Å². The van der Waals surface area contributed by atoms with E-state index < -0.39 is 6.10 Å². The molecule has 28 heavy (non-hydrogen) atoms. The molecular formula is C22H38N2O4. The third kappa shape index (κ3) is 5.91. The van der Waals surface area contributed by atoms with Crippen molar-refractivity contribution in [1.29, 1.82) is 0 Å². The highest BCUT2D eigenvalue weighted by atomic mass is 16.5. The number of nitrogens with zero attached hydrogens (tertiary/aromatic N) is 1. The summed E-state index contributed by atoms with van der Waals surface area (Å²) in [6.07, 6.45) is 11.1. The van der Waals surface area contributed by atoms with E-state index in [1.165, 1.54) is 44.9 Å². The van der Waals surface area contributed by atoms with Gasteiger partial charge in [-0.05, 0) is 50.4 Å². The van der Waals surface area contributed by atoms with Gasteiger partial charge in [-0.3, -0.25) is 9.69 Å². The molecule has 4 aliphatic rings. The van der Waals surface area contributed by atoms with Crippen molar-refractivity contribution in [2.24, 2.45) is 11.8 Å². The van der Waals surface area contributed by atoms with Crippen LogP contribution in [0.5, 0.6) is 0 Å². The molecule has 0 aromatic heterocycles. The van der Waals surface area contributed by atoms with E-state index in [1.807, 2.05) is 0 Å². The SMILES string of the molecule is O=C(C[C@H]1CC[C@H]2[C@@H](COC[C@@H](O)CN2CC2CCCCC2)O1)NCC1CC1. The summed E-state index contributed by atoms with van der Waals surface area (Å²) in [6.45, 7) is 3.46. The molecular weight excluding hydrogens is 356 g/mol. The third-order valence-corrected chi connectivity index (χ3v) is 7.00. The normalized spacial score (nSPS) is 35.6. The van der Waals surface area contributed by atoms with E-state index in [9.17, 15) is 9.90 Å². The number of ether oxygens (including phenoxy) is 2. The summed E-state index contributed by atoms with van der Waals surface area (Å²) in [5.74, 6) is 1.57. The van der Waals surface area contributed by atoms with Gasteiger partial charge < -0.3 is 19.9 Å². The topological polar surface area (TPSA) is 71.0 Å². The number of nitrogens with one attached hydrogen (secondary N) is 1. The van der Waals surface area contributed by atoms with Crippen molar-refractivity contribution in [2.45, 2.75) is 88.6 Å². The number of hydrogen-bond acceptors (Lipinski definition) is 5. The van der Waals surface area contributed by atoms with Gasteiger partial charge >= 0.3 is 0 Å². The van der Waals surface area contributed by atoms with Crippen LogP contribution in [0, 0.1) is 11.8 Å². The van der Waals surface area contributed by atoms with Crippen LogP contribution in [0.25, 0.3) is 0 Å². The molecule has 4 fully saturated rings. The molecule has 6 heteroatoms. The lowest BCUT2D eigenvalue weighted by molar-refractivity contribution is -0.158. The van der Waals surface area contributed by atoms with Crippen LogP contribution in [0.15, 0.2) is 0 Å². The largest absolute Gasteiger partial charge is 0.389 e. The Balaban J connectivity index is 1.32. The molecule has 0 radical (unpaired) electrons. The molecule has 0 aromatic rings. The minimum Gasteiger partial charge on any atom is -0.389 e. The predicted molar refractivity (Wildman–Crippen MR) is 107 cm³/mol. The third-order valence-electron chi connectivity index (χ3n) is 7.00. The Bertz CT molecular complexity index is 507. The molecule has 2 aliphatic heterocycles. The van der Waals surface area contributed by atoms with Crippen LogP contribution in [0.4, 0.5) is 0 Å². The summed E-state index contributed by atoms with van der Waals surface area (Å²) in [4.78, 5) is 14.7. The molecule has 2 N–H and O–H groups in total. The Morgan fingerprint density at radius 2 is 1.82 bits per heavy atom. The summed E-state index contributed by atoms with van der Waals surface area (Å²) in [6, 6.07) is 0.294. The molecule has 4 rings (SSSR count). The number of hydrogen-bond donors (Lipinski definition) is 2. The first-order valence-corrected chi connectivity index (χ1v) is 11.6. The second-order valence-corrected chi connectivity index (χ2v) is 9.54. The van der Waals surface area contributed by atoms with Gasteiger partial charge in [0, 0.05) is 25.7 Å². The molecule has 0 aromatic carbocycles. The summed E-state index contributed by atoms with van der Waals surface area (Å²) < 4.78 is 12.1. The lowest BCUT2D eigenvalue weighted by atomic mass is 9.87. The summed E-state index contributed by atoms with van der Waals surface area (Å²) in [5.41, 5.74) is 0. The van der Waals surface area contributed by atoms with Gasteiger partial charge in [0.05, 0.1) is 37.9 Å². The standard InChI is InChI=1S/C22H38N2O4/c25-18-13-24(12-17-4-2-1-3-5-17)20-9-8-19(28-21(20)15-27-14-18)10-22(26)23-11-16-6-7-16/h16-21,25H,1-15H2,(H,23,26)/t18-,19+,20-,21+/m0/s1. The van der Waals surface area contributed by atoms with Gasteiger partial charge in [0.15, 0.2) is 0 Å². The highest BCUT2D eigenvalue weighted by Gasteiger charge is 2.38. The molecule has 0 unspecified atom stereocenters. The van der Waals surface area contributed by atoms with Gasteiger partial charge in [-0.2, -0.15) is 0 Å². The predicted octanol–water partition coefficient (Wildman–Crippen LogP) is 2.09. The average Bonchev–Trinajstić information content (AvgIpc) is 3.50. The quantitative estimate of drug-likeness (QED) is 0.722. The number of aliphatic hydroxyl groups excluding tert-OH is 1. The van der Waals surface area contributed by atoms with Crippen LogP contribution in [0.1, 0.15) is 64.2 Å². The zero-order valence-corrected chi connectivity index (χ0v) is 17.2. The van der Waals surface area contributed by atoms with Crippen LogP contribution >= 0.6 is 0 Å². The van der Waals surface area contributed by atoms with E-state index in [4.69, 9.17) is 9.47 Å². The first-order chi connectivity index (χ1) is 13.7. The van der Waals surface area contributed by atoms with Crippen LogP contribution in [-0.2, 0) is 14.3 Å². The maximum absolute atomic E-state index is 12.2. The van der Waals surface area contributed by atoms with E-state index in [2.05, 4.69) is 10.2 Å². The van der Waals surface area contributed by atoms with E-state index in [-0.39, 0.29) is 18.1 Å². The van der Waals surface area contributed by atoms with Crippen molar-refractivity contribution in [3.8, 4) is 0 Å². The zero-order valence-electron chi connectivity index (χ0n) is 17.2. The van der Waals surface area contributed by atoms with Crippen LogP contribution in [0.3, 0.4) is 0 Å². The lowest BCUT2D eigenvalue weighted by Crippen LogP contribution is -2.56. The van der Waals surface area contributed by atoms with Crippen molar-refractivity contribution in [3.05, 3.63) is 0 Å². The zero-order chi connectivity index (χ0) is 19.3. The maximum atomic E-state index is 12.2. The average molecular weight is 395 g/mol. The highest BCUT2D eigenvalue weighted by molar-refractivity contribution is 5.76. The minimum atomic E-state index is -0.421. The Labute approximate surface area is 169 Å². The molecule has 2 aliphatic carbocycles. The van der Waals surface area contributed by atoms with Crippen molar-refractivity contribution < 1.29 is 19.4 Å². The smallest absolute Gasteiger partial charge is 0.222 e. The molecule has 2 heterocycles. The maximum Gasteiger partial charge on any atom is 0.222 e. The molecule has 1 amide bonds. The molecule has 0 spiro atoms. The fraction of sp³-hybridized carbons (Fsp3) is 0.955. The number of amides is 1. The molecule has 0 bridgehead atoms.